The van der Waals surface area contributed by atoms with Crippen LogP contribution in [0.4, 0.5) is 4.39 Å². The number of hydrogen-bond acceptors (Lipinski definition) is 3. The van der Waals surface area contributed by atoms with Crippen molar-refractivity contribution in [1.82, 2.24) is 10.6 Å². The maximum absolute atomic E-state index is 12.7. The van der Waals surface area contributed by atoms with Crippen LogP contribution in [0.25, 0.3) is 0 Å². The fourth-order valence-electron chi connectivity index (χ4n) is 2.15. The van der Waals surface area contributed by atoms with Crippen LogP contribution in [-0.4, -0.2) is 31.8 Å². The molecule has 0 amide bonds. The standard InChI is InChI=1S/C14H21FN2O/c1-14(7-9-16-11-14)17-8-2-10-18-13-5-3-12(15)4-6-13/h3-6,16-17H,2,7-11H2,1H3. The van der Waals surface area contributed by atoms with Crippen LogP contribution in [0.1, 0.15) is 19.8 Å². The van der Waals surface area contributed by atoms with E-state index in [4.69, 9.17) is 4.74 Å². The highest BCUT2D eigenvalue weighted by atomic mass is 19.1. The number of ether oxygens (including phenoxy) is 1. The first-order chi connectivity index (χ1) is 8.68. The summed E-state index contributed by atoms with van der Waals surface area (Å²) in [4.78, 5) is 0. The Morgan fingerprint density at radius 1 is 1.39 bits per heavy atom. The van der Waals surface area contributed by atoms with Gasteiger partial charge >= 0.3 is 0 Å². The molecule has 1 atom stereocenters. The first-order valence-corrected chi connectivity index (χ1v) is 6.52. The minimum atomic E-state index is -0.231. The van der Waals surface area contributed by atoms with E-state index in [1.165, 1.54) is 18.6 Å². The maximum Gasteiger partial charge on any atom is 0.123 e. The van der Waals surface area contributed by atoms with Gasteiger partial charge in [0.15, 0.2) is 0 Å². The number of halogens is 1. The molecule has 0 spiro atoms. The molecule has 1 aliphatic heterocycles. The molecule has 1 fully saturated rings. The predicted octanol–water partition coefficient (Wildman–Crippen LogP) is 1.94. The van der Waals surface area contributed by atoms with Gasteiger partial charge in [0.1, 0.15) is 11.6 Å². The largest absolute Gasteiger partial charge is 0.494 e. The quantitative estimate of drug-likeness (QED) is 0.759. The second kappa shape index (κ2) is 6.16. The lowest BCUT2D eigenvalue weighted by atomic mass is 10.0. The number of rotatable bonds is 6. The van der Waals surface area contributed by atoms with E-state index in [0.29, 0.717) is 6.61 Å². The fourth-order valence-corrected chi connectivity index (χ4v) is 2.15. The molecule has 2 rings (SSSR count). The number of benzene rings is 1. The van der Waals surface area contributed by atoms with Gasteiger partial charge in [-0.2, -0.15) is 0 Å². The van der Waals surface area contributed by atoms with Crippen LogP contribution in [0.2, 0.25) is 0 Å². The third-order valence-corrected chi connectivity index (χ3v) is 3.32. The van der Waals surface area contributed by atoms with E-state index in [-0.39, 0.29) is 11.4 Å². The van der Waals surface area contributed by atoms with Gasteiger partial charge < -0.3 is 15.4 Å². The number of nitrogens with one attached hydrogen (secondary N) is 2. The van der Waals surface area contributed by atoms with Crippen LogP contribution in [0.3, 0.4) is 0 Å². The normalized spacial score (nSPS) is 23.2. The second-order valence-corrected chi connectivity index (χ2v) is 5.07. The van der Waals surface area contributed by atoms with Crippen LogP contribution in [0.5, 0.6) is 5.75 Å². The van der Waals surface area contributed by atoms with Gasteiger partial charge in [-0.25, -0.2) is 4.39 Å². The van der Waals surface area contributed by atoms with Gasteiger partial charge in [0.05, 0.1) is 6.61 Å². The van der Waals surface area contributed by atoms with Crippen LogP contribution in [-0.2, 0) is 0 Å². The van der Waals surface area contributed by atoms with Gasteiger partial charge in [0.2, 0.25) is 0 Å². The highest BCUT2D eigenvalue weighted by molar-refractivity contribution is 5.21. The van der Waals surface area contributed by atoms with Crippen molar-refractivity contribution < 1.29 is 9.13 Å². The van der Waals surface area contributed by atoms with Gasteiger partial charge in [0.25, 0.3) is 0 Å². The van der Waals surface area contributed by atoms with Crippen molar-refractivity contribution >= 4 is 0 Å². The van der Waals surface area contributed by atoms with Crippen LogP contribution in [0, 0.1) is 5.82 Å². The Hall–Kier alpha value is -1.13. The predicted molar refractivity (Wildman–Crippen MR) is 70.4 cm³/mol. The average Bonchev–Trinajstić information content (AvgIpc) is 2.78. The fraction of sp³-hybridized carbons (Fsp3) is 0.571. The molecule has 18 heavy (non-hydrogen) atoms. The summed E-state index contributed by atoms with van der Waals surface area (Å²) in [6.45, 7) is 5.97. The highest BCUT2D eigenvalue weighted by Gasteiger charge is 2.26. The first kappa shape index (κ1) is 13.3. The zero-order valence-corrected chi connectivity index (χ0v) is 10.8. The minimum Gasteiger partial charge on any atom is -0.494 e. The summed E-state index contributed by atoms with van der Waals surface area (Å²) in [5.41, 5.74) is 0.232. The molecule has 4 heteroatoms. The lowest BCUT2D eigenvalue weighted by molar-refractivity contribution is 0.293. The molecule has 0 aromatic heterocycles. The van der Waals surface area contributed by atoms with Crippen molar-refractivity contribution in [2.24, 2.45) is 0 Å². The van der Waals surface area contributed by atoms with Gasteiger partial charge in [-0.15, -0.1) is 0 Å². The Morgan fingerprint density at radius 3 is 2.83 bits per heavy atom. The third-order valence-electron chi connectivity index (χ3n) is 3.32. The molecule has 1 aliphatic rings. The Bertz CT molecular complexity index is 361. The summed E-state index contributed by atoms with van der Waals surface area (Å²) < 4.78 is 18.2. The van der Waals surface area contributed by atoms with Crippen molar-refractivity contribution in [3.05, 3.63) is 30.1 Å². The molecule has 1 aromatic carbocycles. The summed E-state index contributed by atoms with van der Waals surface area (Å²) >= 11 is 0. The second-order valence-electron chi connectivity index (χ2n) is 5.07. The maximum atomic E-state index is 12.7. The summed E-state index contributed by atoms with van der Waals surface area (Å²) in [6, 6.07) is 6.15. The van der Waals surface area contributed by atoms with Crippen LogP contribution < -0.4 is 15.4 Å². The van der Waals surface area contributed by atoms with E-state index >= 15 is 0 Å². The van der Waals surface area contributed by atoms with Crippen molar-refractivity contribution in [2.75, 3.05) is 26.2 Å². The number of hydrogen-bond donors (Lipinski definition) is 2. The summed E-state index contributed by atoms with van der Waals surface area (Å²) in [6.07, 6.45) is 2.12. The topological polar surface area (TPSA) is 33.3 Å². The molecule has 2 N–H and O–H groups in total. The van der Waals surface area contributed by atoms with Crippen LogP contribution in [0.15, 0.2) is 24.3 Å². The van der Waals surface area contributed by atoms with E-state index in [9.17, 15) is 4.39 Å². The lowest BCUT2D eigenvalue weighted by Gasteiger charge is -2.24. The Labute approximate surface area is 108 Å². The van der Waals surface area contributed by atoms with Gasteiger partial charge in [0, 0.05) is 12.1 Å². The van der Waals surface area contributed by atoms with E-state index < -0.39 is 0 Å². The molecule has 100 valence electrons. The Morgan fingerprint density at radius 2 is 2.17 bits per heavy atom. The average molecular weight is 252 g/mol. The van der Waals surface area contributed by atoms with Gasteiger partial charge in [-0.05, 0) is 57.1 Å². The molecule has 0 radical (unpaired) electrons. The molecule has 1 aromatic rings. The summed E-state index contributed by atoms with van der Waals surface area (Å²) in [5.74, 6) is 0.496. The van der Waals surface area contributed by atoms with Crippen molar-refractivity contribution in [1.29, 1.82) is 0 Å². The van der Waals surface area contributed by atoms with Gasteiger partial charge in [-0.1, -0.05) is 0 Å². The van der Waals surface area contributed by atoms with E-state index in [0.717, 1.165) is 31.8 Å². The SMILES string of the molecule is CC1(NCCCOc2ccc(F)cc2)CCNC1. The zero-order chi connectivity index (χ0) is 12.8. The minimum absolute atomic E-state index is 0.231. The lowest BCUT2D eigenvalue weighted by Crippen LogP contribution is -2.44. The molecule has 1 heterocycles. The molecular formula is C14H21FN2O. The first-order valence-electron chi connectivity index (χ1n) is 6.52. The van der Waals surface area contributed by atoms with E-state index in [1.54, 1.807) is 12.1 Å². The third kappa shape index (κ3) is 3.96. The van der Waals surface area contributed by atoms with Crippen molar-refractivity contribution in [3.8, 4) is 5.75 Å². The van der Waals surface area contributed by atoms with Gasteiger partial charge in [-0.3, -0.25) is 0 Å². The molecular weight excluding hydrogens is 231 g/mol. The summed E-state index contributed by atoms with van der Waals surface area (Å²) in [7, 11) is 0. The highest BCUT2D eigenvalue weighted by Crippen LogP contribution is 2.13. The van der Waals surface area contributed by atoms with Crippen molar-refractivity contribution in [2.45, 2.75) is 25.3 Å². The molecule has 0 bridgehead atoms. The van der Waals surface area contributed by atoms with Crippen LogP contribution >= 0.6 is 0 Å². The molecule has 0 aliphatic carbocycles. The Kier molecular flexibility index (Phi) is 4.55. The molecule has 0 saturated carbocycles. The molecule has 1 saturated heterocycles. The monoisotopic (exact) mass is 252 g/mol. The van der Waals surface area contributed by atoms with E-state index in [1.807, 2.05) is 0 Å². The smallest absolute Gasteiger partial charge is 0.123 e. The zero-order valence-electron chi connectivity index (χ0n) is 10.8. The molecule has 3 nitrogen and oxygen atoms in total. The summed E-state index contributed by atoms with van der Waals surface area (Å²) in [5, 5.41) is 6.91. The molecule has 1 unspecified atom stereocenters. The van der Waals surface area contributed by atoms with E-state index in [2.05, 4.69) is 17.6 Å². The van der Waals surface area contributed by atoms with Crippen molar-refractivity contribution in [3.63, 3.8) is 0 Å². The Balaban J connectivity index is 1.60.